The first-order valence-electron chi connectivity index (χ1n) is 6.98. The average Bonchev–Trinajstić information content (AvgIpc) is 2.53. The molecule has 2 heterocycles. The number of nitrogens with one attached hydrogen (secondary N) is 1. The van der Waals surface area contributed by atoms with Crippen LogP contribution in [0.4, 0.5) is 14.9 Å². The Labute approximate surface area is 132 Å². The third-order valence-electron chi connectivity index (χ3n) is 3.38. The fraction of sp³-hybridized carbons (Fsp3) is 0.188. The summed E-state index contributed by atoms with van der Waals surface area (Å²) in [4.78, 5) is 17.6. The zero-order valence-corrected chi connectivity index (χ0v) is 12.1. The Balaban J connectivity index is 1.47. The van der Waals surface area contributed by atoms with Crippen molar-refractivity contribution < 1.29 is 13.9 Å². The van der Waals surface area contributed by atoms with Crippen molar-refractivity contribution in [2.45, 2.75) is 6.10 Å². The maximum atomic E-state index is 12.8. The summed E-state index contributed by atoms with van der Waals surface area (Å²) in [6, 6.07) is 10.5. The first-order chi connectivity index (χ1) is 11.1. The molecule has 0 bridgehead atoms. The predicted molar refractivity (Wildman–Crippen MR) is 80.4 cm³/mol. The molecule has 7 heteroatoms. The number of carbonyl (C=O) groups is 1. The lowest BCUT2D eigenvalue weighted by Gasteiger charge is -2.38. The molecule has 1 saturated heterocycles. The fourth-order valence-electron chi connectivity index (χ4n) is 2.10. The standard InChI is InChI=1S/C16H13FN4O2/c17-12-2-4-13(5-3-12)20-16(22)21-9-14(10-21)23-15-6-1-11(7-18)8-19-15/h1-6,8,14H,9-10H2,(H,20,22). The van der Waals surface area contributed by atoms with Crippen LogP contribution in [0.3, 0.4) is 0 Å². The van der Waals surface area contributed by atoms with Crippen LogP contribution in [0.2, 0.25) is 0 Å². The minimum atomic E-state index is -0.352. The van der Waals surface area contributed by atoms with E-state index in [4.69, 9.17) is 10.00 Å². The van der Waals surface area contributed by atoms with Crippen molar-refractivity contribution in [2.24, 2.45) is 0 Å². The van der Waals surface area contributed by atoms with E-state index in [1.807, 2.05) is 6.07 Å². The molecule has 0 aliphatic carbocycles. The lowest BCUT2D eigenvalue weighted by Crippen LogP contribution is -2.57. The van der Waals surface area contributed by atoms with Crippen molar-refractivity contribution in [1.82, 2.24) is 9.88 Å². The molecule has 3 rings (SSSR count). The number of nitriles is 1. The summed E-state index contributed by atoms with van der Waals surface area (Å²) in [6.07, 6.45) is 1.31. The number of pyridine rings is 1. The molecule has 23 heavy (non-hydrogen) atoms. The first-order valence-corrected chi connectivity index (χ1v) is 6.98. The van der Waals surface area contributed by atoms with Gasteiger partial charge >= 0.3 is 6.03 Å². The monoisotopic (exact) mass is 312 g/mol. The summed E-state index contributed by atoms with van der Waals surface area (Å²) >= 11 is 0. The lowest BCUT2D eigenvalue weighted by molar-refractivity contribution is 0.0461. The summed E-state index contributed by atoms with van der Waals surface area (Å²) in [5, 5.41) is 11.4. The lowest BCUT2D eigenvalue weighted by atomic mass is 10.2. The van der Waals surface area contributed by atoms with Crippen LogP contribution in [0.25, 0.3) is 0 Å². The van der Waals surface area contributed by atoms with Gasteiger partial charge in [0.1, 0.15) is 18.0 Å². The van der Waals surface area contributed by atoms with Crippen LogP contribution < -0.4 is 10.1 Å². The van der Waals surface area contributed by atoms with Crippen LogP contribution >= 0.6 is 0 Å². The number of ether oxygens (including phenoxy) is 1. The number of benzene rings is 1. The van der Waals surface area contributed by atoms with Crippen LogP contribution in [0, 0.1) is 17.1 Å². The number of aromatic nitrogens is 1. The molecule has 6 nitrogen and oxygen atoms in total. The van der Waals surface area contributed by atoms with Gasteiger partial charge in [0.25, 0.3) is 0 Å². The Morgan fingerprint density at radius 1 is 1.30 bits per heavy atom. The Hall–Kier alpha value is -3.14. The Morgan fingerprint density at radius 3 is 2.65 bits per heavy atom. The van der Waals surface area contributed by atoms with Crippen molar-refractivity contribution in [1.29, 1.82) is 5.26 Å². The summed E-state index contributed by atoms with van der Waals surface area (Å²) < 4.78 is 18.4. The molecule has 0 spiro atoms. The second kappa shape index (κ2) is 6.32. The maximum Gasteiger partial charge on any atom is 0.322 e. The van der Waals surface area contributed by atoms with Crippen molar-refractivity contribution >= 4 is 11.7 Å². The smallest absolute Gasteiger partial charge is 0.322 e. The van der Waals surface area contributed by atoms with Crippen molar-refractivity contribution in [3.8, 4) is 11.9 Å². The fourth-order valence-corrected chi connectivity index (χ4v) is 2.10. The highest BCUT2D eigenvalue weighted by Gasteiger charge is 2.32. The quantitative estimate of drug-likeness (QED) is 0.944. The third kappa shape index (κ3) is 3.55. The maximum absolute atomic E-state index is 12.8. The number of halogens is 1. The molecule has 0 saturated carbocycles. The molecular weight excluding hydrogens is 299 g/mol. The van der Waals surface area contributed by atoms with E-state index < -0.39 is 0 Å². The van der Waals surface area contributed by atoms with Crippen molar-refractivity contribution in [2.75, 3.05) is 18.4 Å². The molecule has 2 amide bonds. The second-order valence-electron chi connectivity index (χ2n) is 5.08. The molecular formula is C16H13FN4O2. The molecule has 1 aromatic heterocycles. The van der Waals surface area contributed by atoms with Gasteiger partial charge in [-0.2, -0.15) is 5.26 Å². The summed E-state index contributed by atoms with van der Waals surface area (Å²) in [5.41, 5.74) is 1.00. The van der Waals surface area contributed by atoms with Gasteiger partial charge in [0.15, 0.2) is 0 Å². The Bertz CT molecular complexity index is 734. The minimum Gasteiger partial charge on any atom is -0.471 e. The number of hydrogen-bond acceptors (Lipinski definition) is 4. The number of rotatable bonds is 3. The molecule has 1 aliphatic rings. The van der Waals surface area contributed by atoms with Gasteiger partial charge in [0.05, 0.1) is 18.7 Å². The zero-order chi connectivity index (χ0) is 16.2. The molecule has 0 radical (unpaired) electrons. The summed E-state index contributed by atoms with van der Waals surface area (Å²) in [5.74, 6) is 0.0722. The van der Waals surface area contributed by atoms with Gasteiger partial charge in [-0.15, -0.1) is 0 Å². The second-order valence-corrected chi connectivity index (χ2v) is 5.08. The van der Waals surface area contributed by atoms with Gasteiger partial charge in [-0.25, -0.2) is 14.2 Å². The number of urea groups is 1. The zero-order valence-electron chi connectivity index (χ0n) is 12.1. The van der Waals surface area contributed by atoms with E-state index in [1.54, 1.807) is 17.0 Å². The highest BCUT2D eigenvalue weighted by molar-refractivity contribution is 5.89. The van der Waals surface area contributed by atoms with E-state index in [1.165, 1.54) is 30.5 Å². The van der Waals surface area contributed by atoms with Crippen LogP contribution in [-0.4, -0.2) is 35.1 Å². The molecule has 1 aromatic carbocycles. The largest absolute Gasteiger partial charge is 0.471 e. The number of anilines is 1. The number of nitrogens with zero attached hydrogens (tertiary/aromatic N) is 3. The van der Waals surface area contributed by atoms with Gasteiger partial charge in [0, 0.05) is 18.0 Å². The number of likely N-dealkylation sites (tertiary alicyclic amines) is 1. The van der Waals surface area contributed by atoms with Crippen molar-refractivity contribution in [3.05, 3.63) is 54.0 Å². The van der Waals surface area contributed by atoms with Crippen LogP contribution in [0.5, 0.6) is 5.88 Å². The van der Waals surface area contributed by atoms with E-state index in [0.29, 0.717) is 30.2 Å². The van der Waals surface area contributed by atoms with E-state index in [0.717, 1.165) is 0 Å². The van der Waals surface area contributed by atoms with Crippen LogP contribution in [0.15, 0.2) is 42.6 Å². The molecule has 116 valence electrons. The van der Waals surface area contributed by atoms with E-state index >= 15 is 0 Å². The van der Waals surface area contributed by atoms with E-state index in [-0.39, 0.29) is 18.0 Å². The number of hydrogen-bond donors (Lipinski definition) is 1. The van der Waals surface area contributed by atoms with Gasteiger partial charge < -0.3 is 15.0 Å². The highest BCUT2D eigenvalue weighted by Crippen LogP contribution is 2.18. The van der Waals surface area contributed by atoms with Crippen molar-refractivity contribution in [3.63, 3.8) is 0 Å². The highest BCUT2D eigenvalue weighted by atomic mass is 19.1. The molecule has 0 atom stereocenters. The molecule has 1 N–H and O–H groups in total. The van der Waals surface area contributed by atoms with E-state index in [9.17, 15) is 9.18 Å². The van der Waals surface area contributed by atoms with Gasteiger partial charge in [-0.3, -0.25) is 0 Å². The van der Waals surface area contributed by atoms with Crippen LogP contribution in [0.1, 0.15) is 5.56 Å². The van der Waals surface area contributed by atoms with E-state index in [2.05, 4.69) is 10.3 Å². The number of amides is 2. The molecule has 0 unspecified atom stereocenters. The number of carbonyl (C=O) groups excluding carboxylic acids is 1. The van der Waals surface area contributed by atoms with Crippen LogP contribution in [-0.2, 0) is 0 Å². The topological polar surface area (TPSA) is 78.2 Å². The third-order valence-corrected chi connectivity index (χ3v) is 3.38. The van der Waals surface area contributed by atoms with Gasteiger partial charge in [0.2, 0.25) is 5.88 Å². The van der Waals surface area contributed by atoms with Gasteiger partial charge in [-0.1, -0.05) is 0 Å². The normalized spacial score (nSPS) is 13.8. The summed E-state index contributed by atoms with van der Waals surface area (Å²) in [7, 11) is 0. The Morgan fingerprint density at radius 2 is 2.04 bits per heavy atom. The summed E-state index contributed by atoms with van der Waals surface area (Å²) in [6.45, 7) is 0.878. The molecule has 2 aromatic rings. The Kier molecular flexibility index (Phi) is 4.06. The predicted octanol–water partition coefficient (Wildman–Crippen LogP) is 2.39. The molecule has 1 fully saturated rings. The van der Waals surface area contributed by atoms with Gasteiger partial charge in [-0.05, 0) is 30.3 Å². The minimum absolute atomic E-state index is 0.130. The SMILES string of the molecule is N#Cc1ccc(OC2CN(C(=O)Nc3ccc(F)cc3)C2)nc1. The average molecular weight is 312 g/mol. The molecule has 1 aliphatic heterocycles. The first kappa shape index (κ1) is 14.8.